The molecule has 2 aromatic carbocycles. The lowest BCUT2D eigenvalue weighted by Crippen LogP contribution is -2.22. The summed E-state index contributed by atoms with van der Waals surface area (Å²) in [5.74, 6) is -0.0838. The van der Waals surface area contributed by atoms with Crippen molar-refractivity contribution in [3.63, 3.8) is 0 Å². The third-order valence-corrected chi connectivity index (χ3v) is 3.80. The minimum atomic E-state index is -0.345. The van der Waals surface area contributed by atoms with E-state index in [2.05, 4.69) is 12.2 Å². The molecule has 4 heteroatoms. The van der Waals surface area contributed by atoms with Gasteiger partial charge in [0.05, 0.1) is 7.11 Å². The Morgan fingerprint density at radius 1 is 1.00 bits per heavy atom. The summed E-state index contributed by atoms with van der Waals surface area (Å²) in [4.78, 5) is 0. The molecular weight excluding hydrogens is 289 g/mol. The topological polar surface area (TPSA) is 21.3 Å². The first-order valence-corrected chi connectivity index (χ1v) is 7.24. The van der Waals surface area contributed by atoms with Gasteiger partial charge < -0.3 is 10.1 Å². The van der Waals surface area contributed by atoms with E-state index in [-0.39, 0.29) is 23.7 Å². The minimum absolute atomic E-state index is 0.0242. The molecule has 0 bridgehead atoms. The Labute approximate surface area is 129 Å². The summed E-state index contributed by atoms with van der Waals surface area (Å²) in [6.07, 6.45) is 0. The van der Waals surface area contributed by atoms with Crippen LogP contribution in [-0.4, -0.2) is 7.11 Å². The molecule has 0 saturated heterocycles. The number of benzene rings is 2. The van der Waals surface area contributed by atoms with Crippen LogP contribution < -0.4 is 10.1 Å². The molecule has 21 heavy (non-hydrogen) atoms. The molecule has 0 amide bonds. The van der Waals surface area contributed by atoms with Gasteiger partial charge in [-0.05, 0) is 49.2 Å². The molecule has 0 aliphatic carbocycles. The third-order valence-electron chi connectivity index (χ3n) is 3.55. The molecule has 112 valence electrons. The Balaban J connectivity index is 2.08. The van der Waals surface area contributed by atoms with Crippen LogP contribution >= 0.6 is 11.6 Å². The van der Waals surface area contributed by atoms with Gasteiger partial charge in [0.2, 0.25) is 0 Å². The van der Waals surface area contributed by atoms with Gasteiger partial charge in [-0.3, -0.25) is 0 Å². The van der Waals surface area contributed by atoms with E-state index in [9.17, 15) is 4.39 Å². The van der Waals surface area contributed by atoms with Crippen LogP contribution in [0, 0.1) is 5.82 Å². The van der Waals surface area contributed by atoms with Crippen LogP contribution in [0.3, 0.4) is 0 Å². The average Bonchev–Trinajstić information content (AvgIpc) is 2.47. The second kappa shape index (κ2) is 6.92. The number of methoxy groups -OCH3 is 1. The summed E-state index contributed by atoms with van der Waals surface area (Å²) in [6, 6.07) is 12.9. The lowest BCUT2D eigenvalue weighted by molar-refractivity contribution is 0.385. The predicted molar refractivity (Wildman–Crippen MR) is 84.4 cm³/mol. The van der Waals surface area contributed by atoms with Gasteiger partial charge in [0.1, 0.15) is 0 Å². The maximum Gasteiger partial charge on any atom is 0.165 e. The van der Waals surface area contributed by atoms with E-state index in [0.29, 0.717) is 0 Å². The van der Waals surface area contributed by atoms with Crippen molar-refractivity contribution < 1.29 is 9.13 Å². The summed E-state index contributed by atoms with van der Waals surface area (Å²) in [5, 5.41) is 4.16. The van der Waals surface area contributed by atoms with Crippen molar-refractivity contribution in [2.24, 2.45) is 0 Å². The van der Waals surface area contributed by atoms with Crippen molar-refractivity contribution in [2.45, 2.75) is 25.9 Å². The van der Waals surface area contributed by atoms with Crippen molar-refractivity contribution in [1.82, 2.24) is 5.32 Å². The fraction of sp³-hybridized carbons (Fsp3) is 0.294. The van der Waals surface area contributed by atoms with Crippen LogP contribution in [0.15, 0.2) is 42.5 Å². The Morgan fingerprint density at radius 3 is 2.14 bits per heavy atom. The highest BCUT2D eigenvalue weighted by atomic mass is 35.5. The van der Waals surface area contributed by atoms with Gasteiger partial charge in [0.15, 0.2) is 11.6 Å². The van der Waals surface area contributed by atoms with E-state index < -0.39 is 0 Å². The first-order chi connectivity index (χ1) is 10.0. The quantitative estimate of drug-likeness (QED) is 0.848. The largest absolute Gasteiger partial charge is 0.494 e. The number of halogens is 2. The van der Waals surface area contributed by atoms with E-state index in [1.807, 2.05) is 37.3 Å². The van der Waals surface area contributed by atoms with Gasteiger partial charge in [0.25, 0.3) is 0 Å². The maximum absolute atomic E-state index is 13.7. The number of hydrogen-bond donors (Lipinski definition) is 1. The molecule has 0 aliphatic heterocycles. The first kappa shape index (κ1) is 15.8. The molecule has 0 aromatic heterocycles. The fourth-order valence-corrected chi connectivity index (χ4v) is 2.40. The first-order valence-electron chi connectivity index (χ1n) is 6.86. The molecule has 0 radical (unpaired) electrons. The average molecular weight is 308 g/mol. The standard InChI is InChI=1S/C17H19ClFNO/c1-11(13-4-7-15(18)8-5-13)20-12(2)14-6-9-17(21-3)16(19)10-14/h4-12,20H,1-3H3/t11-,12?/m1/s1. The summed E-state index contributed by atoms with van der Waals surface area (Å²) >= 11 is 5.89. The number of ether oxygens (including phenoxy) is 1. The van der Waals surface area contributed by atoms with Gasteiger partial charge in [-0.15, -0.1) is 0 Å². The van der Waals surface area contributed by atoms with Crippen molar-refractivity contribution in [3.05, 3.63) is 64.4 Å². The van der Waals surface area contributed by atoms with Gasteiger partial charge in [-0.25, -0.2) is 4.39 Å². The normalized spacial score (nSPS) is 13.8. The highest BCUT2D eigenvalue weighted by molar-refractivity contribution is 6.30. The number of rotatable bonds is 5. The van der Waals surface area contributed by atoms with Gasteiger partial charge in [-0.1, -0.05) is 29.8 Å². The predicted octanol–water partition coefficient (Wildman–Crippen LogP) is 4.90. The zero-order valence-corrected chi connectivity index (χ0v) is 13.1. The van der Waals surface area contributed by atoms with Crippen LogP contribution in [0.5, 0.6) is 5.75 Å². The van der Waals surface area contributed by atoms with Crippen molar-refractivity contribution >= 4 is 11.6 Å². The molecule has 0 saturated carbocycles. The lowest BCUT2D eigenvalue weighted by atomic mass is 10.0. The van der Waals surface area contributed by atoms with E-state index in [1.54, 1.807) is 6.07 Å². The van der Waals surface area contributed by atoms with Crippen LogP contribution in [0.2, 0.25) is 5.02 Å². The van der Waals surface area contributed by atoms with Crippen LogP contribution in [0.4, 0.5) is 4.39 Å². The molecule has 2 nitrogen and oxygen atoms in total. The Morgan fingerprint density at radius 2 is 1.57 bits per heavy atom. The van der Waals surface area contributed by atoms with E-state index in [0.717, 1.165) is 16.1 Å². The Hall–Kier alpha value is -1.58. The van der Waals surface area contributed by atoms with Crippen LogP contribution in [-0.2, 0) is 0 Å². The lowest BCUT2D eigenvalue weighted by Gasteiger charge is -2.21. The minimum Gasteiger partial charge on any atom is -0.494 e. The monoisotopic (exact) mass is 307 g/mol. The fourth-order valence-electron chi connectivity index (χ4n) is 2.27. The Bertz CT molecular complexity index is 600. The maximum atomic E-state index is 13.7. The number of hydrogen-bond acceptors (Lipinski definition) is 2. The molecule has 2 rings (SSSR count). The molecule has 0 spiro atoms. The second-order valence-electron chi connectivity index (χ2n) is 5.06. The number of nitrogens with one attached hydrogen (secondary N) is 1. The second-order valence-corrected chi connectivity index (χ2v) is 5.49. The summed E-state index contributed by atoms with van der Waals surface area (Å²) in [6.45, 7) is 4.08. The summed E-state index contributed by atoms with van der Waals surface area (Å²) in [5.41, 5.74) is 2.02. The molecule has 0 fully saturated rings. The molecular formula is C17H19ClFNO. The molecule has 0 heterocycles. The third kappa shape index (κ3) is 3.96. The summed E-state index contributed by atoms with van der Waals surface area (Å²) in [7, 11) is 1.46. The van der Waals surface area contributed by atoms with Crippen molar-refractivity contribution in [1.29, 1.82) is 0 Å². The van der Waals surface area contributed by atoms with Crippen molar-refractivity contribution in [2.75, 3.05) is 7.11 Å². The van der Waals surface area contributed by atoms with Crippen LogP contribution in [0.1, 0.15) is 37.1 Å². The molecule has 0 aliphatic rings. The van der Waals surface area contributed by atoms with Gasteiger partial charge in [-0.2, -0.15) is 0 Å². The SMILES string of the molecule is COc1ccc(C(C)N[C@H](C)c2ccc(Cl)cc2)cc1F. The zero-order valence-electron chi connectivity index (χ0n) is 12.4. The highest BCUT2D eigenvalue weighted by Crippen LogP contribution is 2.24. The van der Waals surface area contributed by atoms with E-state index in [1.165, 1.54) is 13.2 Å². The van der Waals surface area contributed by atoms with Crippen LogP contribution in [0.25, 0.3) is 0 Å². The smallest absolute Gasteiger partial charge is 0.165 e. The van der Waals surface area contributed by atoms with Gasteiger partial charge >= 0.3 is 0 Å². The Kier molecular flexibility index (Phi) is 5.21. The zero-order chi connectivity index (χ0) is 15.4. The van der Waals surface area contributed by atoms with E-state index in [4.69, 9.17) is 16.3 Å². The molecule has 2 aromatic rings. The van der Waals surface area contributed by atoms with Gasteiger partial charge in [0, 0.05) is 17.1 Å². The molecule has 1 N–H and O–H groups in total. The van der Waals surface area contributed by atoms with E-state index >= 15 is 0 Å². The molecule has 1 unspecified atom stereocenters. The van der Waals surface area contributed by atoms with Crippen molar-refractivity contribution in [3.8, 4) is 5.75 Å². The highest BCUT2D eigenvalue weighted by Gasteiger charge is 2.13. The molecule has 2 atom stereocenters. The summed E-state index contributed by atoms with van der Waals surface area (Å²) < 4.78 is 18.7.